The lowest BCUT2D eigenvalue weighted by Crippen LogP contribution is -2.65. The summed E-state index contributed by atoms with van der Waals surface area (Å²) >= 11 is 0. The Kier molecular flexibility index (Phi) is 13.7. The van der Waals surface area contributed by atoms with Gasteiger partial charge in [-0.1, -0.05) is 80.8 Å². The molecule has 11 rings (SSSR count). The van der Waals surface area contributed by atoms with Crippen molar-refractivity contribution in [2.75, 3.05) is 26.7 Å². The molecule has 73 heavy (non-hydrogen) atoms. The second kappa shape index (κ2) is 19.8. The number of ether oxygens (including phenoxy) is 2. The van der Waals surface area contributed by atoms with Crippen LogP contribution in [0, 0.1) is 35.0 Å². The average Bonchev–Trinajstić information content (AvgIpc) is 4.11. The van der Waals surface area contributed by atoms with Crippen LogP contribution in [0.2, 0.25) is 0 Å². The Hall–Kier alpha value is -4.63. The highest BCUT2D eigenvalue weighted by atomic mass is 16.7. The molecule has 13 atom stereocenters. The molecule has 5 aliphatic carbocycles. The van der Waals surface area contributed by atoms with Gasteiger partial charge in [-0.25, -0.2) is 4.79 Å². The zero-order valence-corrected chi connectivity index (χ0v) is 43.6. The van der Waals surface area contributed by atoms with Crippen LogP contribution in [0.1, 0.15) is 150 Å². The largest absolute Gasteiger partial charge is 0.459 e. The number of aliphatic hydroxyl groups is 2. The summed E-state index contributed by atoms with van der Waals surface area (Å²) in [6, 6.07) is 5.54. The van der Waals surface area contributed by atoms with E-state index in [0.29, 0.717) is 43.7 Å². The van der Waals surface area contributed by atoms with Crippen molar-refractivity contribution in [2.45, 2.75) is 171 Å². The van der Waals surface area contributed by atoms with Crippen LogP contribution in [0.3, 0.4) is 0 Å². The third kappa shape index (κ3) is 8.85. The third-order valence-electron chi connectivity index (χ3n) is 19.5. The van der Waals surface area contributed by atoms with Crippen LogP contribution in [0.4, 0.5) is 0 Å². The molecule has 0 amide bonds. The summed E-state index contributed by atoms with van der Waals surface area (Å²) in [6.45, 7) is 7.49. The van der Waals surface area contributed by atoms with E-state index in [1.54, 1.807) is 6.07 Å². The van der Waals surface area contributed by atoms with Gasteiger partial charge in [-0.3, -0.25) is 9.59 Å². The number of hydrogen-bond acceptors (Lipinski definition) is 13. The first-order valence-corrected chi connectivity index (χ1v) is 28.0. The Bertz CT molecular complexity index is 2630. The minimum atomic E-state index is -2.26. The van der Waals surface area contributed by atoms with E-state index in [1.165, 1.54) is 16.7 Å². The van der Waals surface area contributed by atoms with Gasteiger partial charge in [0, 0.05) is 47.7 Å². The highest BCUT2D eigenvalue weighted by Gasteiger charge is 2.86. The summed E-state index contributed by atoms with van der Waals surface area (Å²) in [5, 5.41) is 40.3. The zero-order chi connectivity index (χ0) is 50.9. The molecular weight excluding hydrogens is 917 g/mol. The molecule has 392 valence electrons. The zero-order valence-electron chi connectivity index (χ0n) is 43.6. The number of ketones is 2. The molecular formula is C60H80N6O7. The summed E-state index contributed by atoms with van der Waals surface area (Å²) in [5.74, 6) is -0.119. The number of rotatable bonds is 11. The predicted molar refractivity (Wildman–Crippen MR) is 282 cm³/mol. The SMILES string of the molecule is CCNC12C=C3C=CCC4CCCCC(C)(CC5=CNC(N)C=C5)Cc5cccc6c5C(=O)C5(OC5(CC(CO)=C(C)CCC5=CCNC7=C5CCC(NC)N7)C6=O)C(=O)OC(C5CC(O)CCC5C1)C2CC34. The fourth-order valence-corrected chi connectivity index (χ4v) is 15.7. The highest BCUT2D eigenvalue weighted by Crippen LogP contribution is 2.62. The molecule has 1 spiro atoms. The van der Waals surface area contributed by atoms with Gasteiger partial charge >= 0.3 is 5.97 Å². The van der Waals surface area contributed by atoms with Crippen LogP contribution in [-0.2, 0) is 20.7 Å². The first kappa shape index (κ1) is 50.5. The molecule has 13 nitrogen and oxygen atoms in total. The quantitative estimate of drug-likeness (QED) is 0.0482. The van der Waals surface area contributed by atoms with Crippen LogP contribution < -0.4 is 32.3 Å². The Morgan fingerprint density at radius 2 is 1.90 bits per heavy atom. The van der Waals surface area contributed by atoms with Crippen LogP contribution in [0.25, 0.3) is 0 Å². The summed E-state index contributed by atoms with van der Waals surface area (Å²) in [7, 11) is 1.96. The number of aliphatic hydroxyl groups excluding tert-OH is 2. The fourth-order valence-electron chi connectivity index (χ4n) is 15.7. The number of benzene rings is 1. The normalized spacial score (nSPS) is 38.9. The molecule has 1 aromatic carbocycles. The molecule has 5 heterocycles. The van der Waals surface area contributed by atoms with E-state index in [4.69, 9.17) is 15.2 Å². The summed E-state index contributed by atoms with van der Waals surface area (Å²) in [6.07, 6.45) is 27.3. The molecule has 10 aliphatic rings. The van der Waals surface area contributed by atoms with Crippen molar-refractivity contribution in [3.05, 3.63) is 117 Å². The van der Waals surface area contributed by atoms with Gasteiger partial charge in [-0.2, -0.15) is 0 Å². The van der Waals surface area contributed by atoms with Crippen molar-refractivity contribution in [2.24, 2.45) is 40.7 Å². The van der Waals surface area contributed by atoms with Crippen molar-refractivity contribution in [1.82, 2.24) is 26.6 Å². The van der Waals surface area contributed by atoms with Crippen molar-refractivity contribution in [3.8, 4) is 0 Å². The van der Waals surface area contributed by atoms with E-state index in [2.05, 4.69) is 70.8 Å². The van der Waals surface area contributed by atoms with Crippen LogP contribution >= 0.6 is 0 Å². The van der Waals surface area contributed by atoms with Crippen molar-refractivity contribution in [3.63, 3.8) is 0 Å². The van der Waals surface area contributed by atoms with Crippen molar-refractivity contribution < 1.29 is 34.1 Å². The van der Waals surface area contributed by atoms with Gasteiger partial charge in [-0.15, -0.1) is 0 Å². The molecule has 0 radical (unpaired) electrons. The summed E-state index contributed by atoms with van der Waals surface area (Å²) in [4.78, 5) is 47.8. The number of allylic oxidation sites excluding steroid dienone is 8. The number of esters is 1. The van der Waals surface area contributed by atoms with Crippen LogP contribution in [0.15, 0.2) is 100 Å². The maximum Gasteiger partial charge on any atom is 0.350 e. The Morgan fingerprint density at radius 3 is 2.70 bits per heavy atom. The number of likely N-dealkylation sites (N-methyl/N-ethyl adjacent to an activating group) is 1. The van der Waals surface area contributed by atoms with Crippen LogP contribution in [0.5, 0.6) is 0 Å². The summed E-state index contributed by atoms with van der Waals surface area (Å²) in [5.41, 5.74) is 8.95. The number of hydrogen-bond donors (Lipinski definition) is 8. The topological polar surface area (TPSA) is 200 Å². The van der Waals surface area contributed by atoms with E-state index < -0.39 is 46.5 Å². The van der Waals surface area contributed by atoms with Gasteiger partial charge in [0.1, 0.15) is 11.9 Å². The standard InChI is InChI=1S/C60H80N6O7/c1-5-65-58-30-39-12-8-11-37-10-6-7-24-57(3,28-36-16-21-49(61)64-33-36)29-41-13-9-14-45-51(41)54(70)60(56(71)72-52(48(58)27-46(37)39)47-26-43(68)19-18-40(47)31-58)59(73-60,53(45)69)32-42(34-67)35(2)15-17-38-23-25-63-55-44(38)20-22-50(62-4)66-55/h8-9,12-14,16,21,23,30,33,37,40,43,46-50,52,62-68H,5-7,10-11,15,17-20,22,24-29,31-32,34,61H2,1-4H3. The number of carbonyl (C=O) groups is 3. The van der Waals surface area contributed by atoms with Crippen LogP contribution in [-0.4, -0.2) is 95.8 Å². The number of Topliss-reactive ketones (excluding diaryl/α,β-unsaturated/α-hetero) is 2. The second-order valence-corrected chi connectivity index (χ2v) is 24.0. The molecule has 2 saturated carbocycles. The van der Waals surface area contributed by atoms with E-state index >= 15 is 14.4 Å². The van der Waals surface area contributed by atoms with Gasteiger partial charge < -0.3 is 52.0 Å². The molecule has 13 unspecified atom stereocenters. The number of nitrogens with two attached hydrogens (primary N) is 1. The van der Waals surface area contributed by atoms with E-state index in [9.17, 15) is 10.2 Å². The summed E-state index contributed by atoms with van der Waals surface area (Å²) < 4.78 is 13.9. The lowest BCUT2D eigenvalue weighted by atomic mass is 9.52. The smallest absolute Gasteiger partial charge is 0.350 e. The minimum absolute atomic E-state index is 0.117. The van der Waals surface area contributed by atoms with Gasteiger partial charge in [0.25, 0.3) is 5.60 Å². The van der Waals surface area contributed by atoms with E-state index in [0.717, 1.165) is 106 Å². The molecule has 4 bridgehead atoms. The van der Waals surface area contributed by atoms with Gasteiger partial charge in [-0.05, 0) is 173 Å². The Labute approximate surface area is 432 Å². The number of fused-ring (bicyclic) bond motifs is 2. The number of nitrogens with one attached hydrogen (secondary N) is 5. The number of carbonyl (C=O) groups excluding carboxylic acids is 3. The van der Waals surface area contributed by atoms with Gasteiger partial charge in [0.05, 0.1) is 25.0 Å². The monoisotopic (exact) mass is 997 g/mol. The van der Waals surface area contributed by atoms with E-state index in [-0.39, 0.29) is 65.6 Å². The molecule has 1 saturated heterocycles. The first-order valence-electron chi connectivity index (χ1n) is 28.0. The molecule has 1 aromatic rings. The first-order chi connectivity index (χ1) is 35.2. The lowest BCUT2D eigenvalue weighted by Gasteiger charge is -2.58. The lowest BCUT2D eigenvalue weighted by molar-refractivity contribution is -0.175. The average molecular weight is 997 g/mol. The number of dihydropyridines is 2. The third-order valence-corrected chi connectivity index (χ3v) is 19.5. The van der Waals surface area contributed by atoms with Gasteiger partial charge in [0.2, 0.25) is 5.78 Å². The minimum Gasteiger partial charge on any atom is -0.459 e. The molecule has 9 N–H and O–H groups in total. The molecule has 13 heteroatoms. The Morgan fingerprint density at radius 1 is 1.04 bits per heavy atom. The molecule has 3 fully saturated rings. The van der Waals surface area contributed by atoms with Crippen molar-refractivity contribution in [1.29, 1.82) is 0 Å². The van der Waals surface area contributed by atoms with Crippen molar-refractivity contribution >= 4 is 17.5 Å². The van der Waals surface area contributed by atoms with E-state index in [1.807, 2.05) is 38.4 Å². The fraction of sp³-hybridized carbons (Fsp3) is 0.617. The van der Waals surface area contributed by atoms with Gasteiger partial charge in [0.15, 0.2) is 11.4 Å². The highest BCUT2D eigenvalue weighted by molar-refractivity contribution is 6.33. The molecule has 5 aliphatic heterocycles. The molecule has 0 aromatic heterocycles. The Balaban J connectivity index is 1.01. The predicted octanol–water partition coefficient (Wildman–Crippen LogP) is 7.14. The number of epoxide rings is 1. The maximum absolute atomic E-state index is 16.1. The second-order valence-electron chi connectivity index (χ2n) is 24.0. The maximum atomic E-state index is 16.1.